The van der Waals surface area contributed by atoms with Crippen LogP contribution in [0.5, 0.6) is 0 Å². The summed E-state index contributed by atoms with van der Waals surface area (Å²) < 4.78 is 3.44. The van der Waals surface area contributed by atoms with E-state index in [0.717, 1.165) is 27.2 Å². The van der Waals surface area contributed by atoms with E-state index in [1.54, 1.807) is 6.20 Å². The molecule has 0 saturated carbocycles. The number of benzene rings is 1. The number of hydrogen-bond acceptors (Lipinski definition) is 3. The van der Waals surface area contributed by atoms with E-state index in [-0.39, 0.29) is 5.37 Å². The monoisotopic (exact) mass is 331 g/mol. The zero-order valence-electron chi connectivity index (χ0n) is 9.95. The van der Waals surface area contributed by atoms with Crippen LogP contribution in [0.4, 0.5) is 0 Å². The van der Waals surface area contributed by atoms with Gasteiger partial charge in [0.25, 0.3) is 0 Å². The molecule has 0 aliphatic carbocycles. The molecule has 2 aromatic heterocycles. The third kappa shape index (κ3) is 1.72. The second kappa shape index (κ2) is 4.35. The molecule has 0 fully saturated rings. The van der Waals surface area contributed by atoms with Gasteiger partial charge in [-0.3, -0.25) is 0 Å². The van der Waals surface area contributed by atoms with Gasteiger partial charge < -0.3 is 4.57 Å². The van der Waals surface area contributed by atoms with Crippen LogP contribution in [0.2, 0.25) is 0 Å². The summed E-state index contributed by atoms with van der Waals surface area (Å²) in [5, 5.41) is 0.278. The first kappa shape index (κ1) is 11.5. The summed E-state index contributed by atoms with van der Waals surface area (Å²) >= 11 is 5.55. The van der Waals surface area contributed by atoms with Crippen molar-refractivity contribution in [1.82, 2.24) is 14.5 Å². The number of nitrogens with zero attached hydrogens (tertiary/aromatic N) is 3. The normalized spacial score (nSPS) is 17.8. The predicted octanol–water partition coefficient (Wildman–Crippen LogP) is 3.99. The molecule has 3 aromatic rings. The second-order valence-electron chi connectivity index (χ2n) is 4.43. The molecule has 1 aliphatic rings. The maximum Gasteiger partial charge on any atom is 0.177 e. The van der Waals surface area contributed by atoms with E-state index in [1.807, 2.05) is 23.9 Å². The molecule has 0 N–H and O–H groups in total. The molecule has 0 radical (unpaired) electrons. The molecule has 94 valence electrons. The van der Waals surface area contributed by atoms with E-state index >= 15 is 0 Å². The molecule has 3 nitrogen and oxygen atoms in total. The van der Waals surface area contributed by atoms with Crippen LogP contribution >= 0.6 is 27.7 Å². The summed E-state index contributed by atoms with van der Waals surface area (Å²) in [7, 11) is 0. The number of hydrogen-bond donors (Lipinski definition) is 0. The molecule has 5 heteroatoms. The summed E-state index contributed by atoms with van der Waals surface area (Å²) in [4.78, 5) is 8.96. The van der Waals surface area contributed by atoms with Crippen LogP contribution in [0.1, 0.15) is 16.8 Å². The smallest absolute Gasteiger partial charge is 0.177 e. The number of aromatic nitrogens is 3. The third-order valence-electron chi connectivity index (χ3n) is 3.31. The van der Waals surface area contributed by atoms with Gasteiger partial charge in [-0.1, -0.05) is 34.1 Å². The highest BCUT2D eigenvalue weighted by Gasteiger charge is 2.28. The summed E-state index contributed by atoms with van der Waals surface area (Å²) in [5.74, 6) is 2.04. The number of imidazole rings is 1. The van der Waals surface area contributed by atoms with E-state index in [0.29, 0.717) is 0 Å². The molecule has 3 heterocycles. The zero-order valence-corrected chi connectivity index (χ0v) is 12.4. The van der Waals surface area contributed by atoms with Gasteiger partial charge in [0.15, 0.2) is 5.65 Å². The third-order valence-corrected chi connectivity index (χ3v) is 5.24. The van der Waals surface area contributed by atoms with Crippen molar-refractivity contribution in [2.45, 2.75) is 11.1 Å². The van der Waals surface area contributed by atoms with Crippen LogP contribution in [0.3, 0.4) is 0 Å². The van der Waals surface area contributed by atoms with Gasteiger partial charge in [-0.15, -0.1) is 11.8 Å². The number of rotatable bonds is 1. The van der Waals surface area contributed by atoms with E-state index in [2.05, 4.69) is 54.7 Å². The molecule has 0 spiro atoms. The molecule has 0 saturated heterocycles. The topological polar surface area (TPSA) is 30.7 Å². The first-order chi connectivity index (χ1) is 9.34. The molecule has 19 heavy (non-hydrogen) atoms. The molecule has 1 unspecified atom stereocenters. The van der Waals surface area contributed by atoms with Crippen molar-refractivity contribution in [3.05, 3.63) is 58.5 Å². The Morgan fingerprint density at radius 3 is 3.00 bits per heavy atom. The standard InChI is InChI=1S/C14H10BrN3S/c15-10-5-2-1-4-9(10)14-18-11-6-3-7-16-13(11)17-12(18)8-19-14/h1-7,14H,8H2. The molecule has 1 aliphatic heterocycles. The molecule has 0 amide bonds. The van der Waals surface area contributed by atoms with Crippen LogP contribution in [-0.2, 0) is 5.75 Å². The maximum absolute atomic E-state index is 4.61. The summed E-state index contributed by atoms with van der Waals surface area (Å²) in [5.41, 5.74) is 3.24. The Hall–Kier alpha value is -1.33. The van der Waals surface area contributed by atoms with Crippen LogP contribution in [0.15, 0.2) is 47.1 Å². The molecule has 1 aromatic carbocycles. The lowest BCUT2D eigenvalue weighted by Gasteiger charge is -2.15. The average molecular weight is 332 g/mol. The molecular formula is C14H10BrN3S. The second-order valence-corrected chi connectivity index (χ2v) is 6.35. The minimum absolute atomic E-state index is 0.278. The van der Waals surface area contributed by atoms with Gasteiger partial charge in [0, 0.05) is 10.7 Å². The first-order valence-corrected chi connectivity index (χ1v) is 7.86. The highest BCUT2D eigenvalue weighted by molar-refractivity contribution is 9.10. The largest absolute Gasteiger partial charge is 0.309 e. The summed E-state index contributed by atoms with van der Waals surface area (Å²) in [6, 6.07) is 12.4. The van der Waals surface area contributed by atoms with Crippen LogP contribution in [0, 0.1) is 0 Å². The minimum atomic E-state index is 0.278. The number of halogens is 1. The Kier molecular flexibility index (Phi) is 2.63. The van der Waals surface area contributed by atoms with E-state index in [9.17, 15) is 0 Å². The van der Waals surface area contributed by atoms with Gasteiger partial charge >= 0.3 is 0 Å². The maximum atomic E-state index is 4.61. The first-order valence-electron chi connectivity index (χ1n) is 6.02. The molecule has 1 atom stereocenters. The summed E-state index contributed by atoms with van der Waals surface area (Å²) in [6.45, 7) is 0. The number of thioether (sulfide) groups is 1. The van der Waals surface area contributed by atoms with E-state index in [1.165, 1.54) is 5.56 Å². The fraction of sp³-hybridized carbons (Fsp3) is 0.143. The Morgan fingerprint density at radius 2 is 2.11 bits per heavy atom. The van der Waals surface area contributed by atoms with Crippen molar-refractivity contribution in [2.75, 3.05) is 0 Å². The SMILES string of the molecule is Brc1ccccc1C1SCc2nc3ncccc3n21. The van der Waals surface area contributed by atoms with Crippen LogP contribution < -0.4 is 0 Å². The highest BCUT2D eigenvalue weighted by atomic mass is 79.9. The average Bonchev–Trinajstić information content (AvgIpc) is 2.98. The van der Waals surface area contributed by atoms with E-state index < -0.39 is 0 Å². The Balaban J connectivity index is 1.94. The van der Waals surface area contributed by atoms with Gasteiger partial charge in [-0.05, 0) is 23.8 Å². The highest BCUT2D eigenvalue weighted by Crippen LogP contribution is 2.44. The fourth-order valence-electron chi connectivity index (χ4n) is 2.47. The fourth-order valence-corrected chi connectivity index (χ4v) is 4.41. The number of pyridine rings is 1. The molecular weight excluding hydrogens is 322 g/mol. The van der Waals surface area contributed by atoms with Crippen molar-refractivity contribution in [3.63, 3.8) is 0 Å². The lowest BCUT2D eigenvalue weighted by Crippen LogP contribution is -2.03. The lowest BCUT2D eigenvalue weighted by molar-refractivity contribution is 0.791. The van der Waals surface area contributed by atoms with Crippen LogP contribution in [0.25, 0.3) is 11.2 Å². The van der Waals surface area contributed by atoms with Gasteiger partial charge in [0.1, 0.15) is 11.2 Å². The Morgan fingerprint density at radius 1 is 1.21 bits per heavy atom. The quantitative estimate of drug-likeness (QED) is 0.675. The van der Waals surface area contributed by atoms with Crippen molar-refractivity contribution in [2.24, 2.45) is 0 Å². The van der Waals surface area contributed by atoms with Crippen molar-refractivity contribution >= 4 is 38.9 Å². The van der Waals surface area contributed by atoms with Gasteiger partial charge in [-0.25, -0.2) is 9.97 Å². The molecule has 0 bridgehead atoms. The van der Waals surface area contributed by atoms with Gasteiger partial charge in [0.2, 0.25) is 0 Å². The van der Waals surface area contributed by atoms with Gasteiger partial charge in [0.05, 0.1) is 11.3 Å². The zero-order chi connectivity index (χ0) is 12.8. The Bertz CT molecular complexity index is 768. The summed E-state index contributed by atoms with van der Waals surface area (Å²) in [6.07, 6.45) is 1.80. The minimum Gasteiger partial charge on any atom is -0.309 e. The van der Waals surface area contributed by atoms with Crippen molar-refractivity contribution in [3.8, 4) is 0 Å². The van der Waals surface area contributed by atoms with Crippen molar-refractivity contribution < 1.29 is 0 Å². The van der Waals surface area contributed by atoms with Crippen molar-refractivity contribution in [1.29, 1.82) is 0 Å². The van der Waals surface area contributed by atoms with E-state index in [4.69, 9.17) is 0 Å². The molecule has 4 rings (SSSR count). The van der Waals surface area contributed by atoms with Crippen LogP contribution in [-0.4, -0.2) is 14.5 Å². The van der Waals surface area contributed by atoms with Gasteiger partial charge in [-0.2, -0.15) is 0 Å². The number of fused-ring (bicyclic) bond motifs is 3. The Labute approximate surface area is 123 Å². The predicted molar refractivity (Wildman–Crippen MR) is 81.1 cm³/mol. The lowest BCUT2D eigenvalue weighted by atomic mass is 10.2.